The van der Waals surface area contributed by atoms with E-state index in [0.717, 1.165) is 35.1 Å². The lowest BCUT2D eigenvalue weighted by atomic mass is 10.2. The van der Waals surface area contributed by atoms with Gasteiger partial charge >= 0.3 is 0 Å². The fraction of sp³-hybridized carbons (Fsp3) is 0.263. The maximum Gasteiger partial charge on any atom is 0.191 e. The highest BCUT2D eigenvalue weighted by Gasteiger charge is 2.16. The Labute approximate surface area is 161 Å². The summed E-state index contributed by atoms with van der Waals surface area (Å²) in [7, 11) is 1.69. The minimum atomic E-state index is -0.234. The molecule has 0 saturated heterocycles. The van der Waals surface area contributed by atoms with Crippen molar-refractivity contribution in [1.82, 2.24) is 14.8 Å². The summed E-state index contributed by atoms with van der Waals surface area (Å²) in [6, 6.07) is 14.1. The van der Waals surface area contributed by atoms with Gasteiger partial charge in [-0.3, -0.25) is 0 Å². The molecule has 0 aliphatic rings. The lowest BCUT2D eigenvalue weighted by Gasteiger charge is -2.11. The van der Waals surface area contributed by atoms with Gasteiger partial charge in [0.05, 0.1) is 5.02 Å². The summed E-state index contributed by atoms with van der Waals surface area (Å²) in [5.41, 5.74) is 1.88. The van der Waals surface area contributed by atoms with Gasteiger partial charge in [0.15, 0.2) is 11.0 Å². The molecule has 1 aromatic heterocycles. The molecule has 0 N–H and O–H groups in total. The van der Waals surface area contributed by atoms with Crippen molar-refractivity contribution in [3.8, 4) is 11.4 Å². The molecule has 1 heterocycles. The third-order valence-electron chi connectivity index (χ3n) is 3.84. The van der Waals surface area contributed by atoms with Crippen molar-refractivity contribution in [2.45, 2.75) is 23.9 Å². The second-order valence-electron chi connectivity index (χ2n) is 5.70. The number of nitrogens with zero attached hydrogens (tertiary/aromatic N) is 3. The molecule has 0 atom stereocenters. The molecule has 4 nitrogen and oxygen atoms in total. The summed E-state index contributed by atoms with van der Waals surface area (Å²) in [6.07, 6.45) is 0.843. The summed E-state index contributed by atoms with van der Waals surface area (Å²) in [5.74, 6) is 1.20. The Hall–Kier alpha value is -1.89. The number of aromatic nitrogens is 3. The van der Waals surface area contributed by atoms with E-state index < -0.39 is 0 Å². The summed E-state index contributed by atoms with van der Waals surface area (Å²) >= 11 is 7.91. The van der Waals surface area contributed by atoms with Crippen LogP contribution in [0, 0.1) is 5.82 Å². The van der Waals surface area contributed by atoms with Crippen molar-refractivity contribution >= 4 is 23.4 Å². The topological polar surface area (TPSA) is 39.9 Å². The van der Waals surface area contributed by atoms with Crippen molar-refractivity contribution in [2.75, 3.05) is 13.7 Å². The lowest BCUT2D eigenvalue weighted by molar-refractivity contribution is 0.189. The highest BCUT2D eigenvalue weighted by molar-refractivity contribution is 7.98. The van der Waals surface area contributed by atoms with Crippen molar-refractivity contribution in [3.63, 3.8) is 0 Å². The quantitative estimate of drug-likeness (QED) is 0.397. The predicted molar refractivity (Wildman–Crippen MR) is 103 cm³/mol. The van der Waals surface area contributed by atoms with Crippen LogP contribution in [0.4, 0.5) is 4.39 Å². The molecule has 26 heavy (non-hydrogen) atoms. The molecule has 0 bridgehead atoms. The van der Waals surface area contributed by atoms with E-state index in [1.807, 2.05) is 24.3 Å². The third kappa shape index (κ3) is 4.63. The molecule has 0 spiro atoms. The van der Waals surface area contributed by atoms with E-state index in [4.69, 9.17) is 16.3 Å². The Balaban J connectivity index is 1.84. The van der Waals surface area contributed by atoms with Crippen LogP contribution in [0.3, 0.4) is 0 Å². The molecule has 0 aliphatic carbocycles. The number of hydrogen-bond donors (Lipinski definition) is 0. The smallest absolute Gasteiger partial charge is 0.191 e. The van der Waals surface area contributed by atoms with Gasteiger partial charge in [0.1, 0.15) is 5.82 Å². The van der Waals surface area contributed by atoms with E-state index in [0.29, 0.717) is 17.4 Å². The number of benzene rings is 2. The highest BCUT2D eigenvalue weighted by atomic mass is 35.5. The molecule has 7 heteroatoms. The van der Waals surface area contributed by atoms with Gasteiger partial charge in [0.2, 0.25) is 0 Å². The molecule has 2 aromatic carbocycles. The van der Waals surface area contributed by atoms with Crippen LogP contribution in [0.1, 0.15) is 12.0 Å². The molecular weight excluding hydrogens is 373 g/mol. The molecule has 0 radical (unpaired) electrons. The van der Waals surface area contributed by atoms with Crippen molar-refractivity contribution in [1.29, 1.82) is 0 Å². The summed E-state index contributed by atoms with van der Waals surface area (Å²) in [4.78, 5) is 0. The zero-order chi connectivity index (χ0) is 18.4. The zero-order valence-corrected chi connectivity index (χ0v) is 15.9. The first-order valence-electron chi connectivity index (χ1n) is 8.23. The standard InChI is InChI=1S/C19H19ClFN3OS/c1-25-12-4-11-24-18(16-5-2-3-6-17(16)20)22-23-19(24)26-13-14-7-9-15(21)10-8-14/h2-3,5-10H,4,11-13H2,1H3. The average Bonchev–Trinajstić information content (AvgIpc) is 3.04. The predicted octanol–water partition coefficient (Wildman–Crippen LogP) is 5.07. The van der Waals surface area contributed by atoms with Crippen molar-refractivity contribution in [3.05, 3.63) is 64.9 Å². The number of halogens is 2. The van der Waals surface area contributed by atoms with Crippen molar-refractivity contribution < 1.29 is 9.13 Å². The molecule has 3 rings (SSSR count). The number of thioether (sulfide) groups is 1. The van der Waals surface area contributed by atoms with Gasteiger partial charge < -0.3 is 9.30 Å². The lowest BCUT2D eigenvalue weighted by Crippen LogP contribution is -2.05. The molecule has 136 valence electrons. The van der Waals surface area contributed by atoms with Gasteiger partial charge in [-0.25, -0.2) is 4.39 Å². The minimum Gasteiger partial charge on any atom is -0.385 e. The van der Waals surface area contributed by atoms with Crippen LogP contribution in [-0.4, -0.2) is 28.5 Å². The average molecular weight is 392 g/mol. The molecular formula is C19H19ClFN3OS. The normalized spacial score (nSPS) is 11.0. The summed E-state index contributed by atoms with van der Waals surface area (Å²) in [5, 5.41) is 10.2. The third-order valence-corrected chi connectivity index (χ3v) is 5.21. The van der Waals surface area contributed by atoms with Gasteiger partial charge in [-0.15, -0.1) is 10.2 Å². The zero-order valence-electron chi connectivity index (χ0n) is 14.4. The van der Waals surface area contributed by atoms with E-state index in [1.54, 1.807) is 31.0 Å². The Morgan fingerprint density at radius 2 is 1.88 bits per heavy atom. The number of rotatable bonds is 8. The number of ether oxygens (including phenoxy) is 1. The second-order valence-corrected chi connectivity index (χ2v) is 7.05. The summed E-state index contributed by atoms with van der Waals surface area (Å²) < 4.78 is 20.3. The van der Waals surface area contributed by atoms with Gasteiger partial charge in [-0.1, -0.05) is 47.6 Å². The number of hydrogen-bond acceptors (Lipinski definition) is 4. The fourth-order valence-electron chi connectivity index (χ4n) is 2.53. The van der Waals surface area contributed by atoms with Crippen LogP contribution in [0.15, 0.2) is 53.7 Å². The van der Waals surface area contributed by atoms with Crippen molar-refractivity contribution in [2.24, 2.45) is 0 Å². The van der Waals surface area contributed by atoms with Gasteiger partial charge in [0.25, 0.3) is 0 Å². The molecule has 0 saturated carbocycles. The Morgan fingerprint density at radius 3 is 2.62 bits per heavy atom. The Kier molecular flexibility index (Phi) is 6.66. The molecule has 0 unspecified atom stereocenters. The monoisotopic (exact) mass is 391 g/mol. The first-order chi connectivity index (χ1) is 12.7. The Morgan fingerprint density at radius 1 is 1.12 bits per heavy atom. The van der Waals surface area contributed by atoms with E-state index in [1.165, 1.54) is 12.1 Å². The van der Waals surface area contributed by atoms with Crippen LogP contribution < -0.4 is 0 Å². The second kappa shape index (κ2) is 9.16. The van der Waals surface area contributed by atoms with E-state index in [2.05, 4.69) is 14.8 Å². The molecule has 3 aromatic rings. The maximum atomic E-state index is 13.1. The van der Waals surface area contributed by atoms with Crippen LogP contribution in [0.5, 0.6) is 0 Å². The molecule has 0 fully saturated rings. The summed E-state index contributed by atoms with van der Waals surface area (Å²) in [6.45, 7) is 1.38. The maximum absolute atomic E-state index is 13.1. The fourth-order valence-corrected chi connectivity index (χ4v) is 3.67. The van der Waals surface area contributed by atoms with Crippen LogP contribution in [0.2, 0.25) is 5.02 Å². The van der Waals surface area contributed by atoms with Crippen LogP contribution in [0.25, 0.3) is 11.4 Å². The molecule has 0 aliphatic heterocycles. The van der Waals surface area contributed by atoms with Gasteiger partial charge in [-0.2, -0.15) is 0 Å². The van der Waals surface area contributed by atoms with Crippen LogP contribution >= 0.6 is 23.4 Å². The first-order valence-corrected chi connectivity index (χ1v) is 9.59. The molecule has 0 amide bonds. The highest BCUT2D eigenvalue weighted by Crippen LogP contribution is 2.30. The van der Waals surface area contributed by atoms with Gasteiger partial charge in [0, 0.05) is 31.6 Å². The SMILES string of the molecule is COCCCn1c(SCc2ccc(F)cc2)nnc1-c1ccccc1Cl. The largest absolute Gasteiger partial charge is 0.385 e. The first kappa shape index (κ1) is 18.9. The van der Waals surface area contributed by atoms with E-state index in [-0.39, 0.29) is 5.82 Å². The van der Waals surface area contributed by atoms with Gasteiger partial charge in [-0.05, 0) is 36.2 Å². The van der Waals surface area contributed by atoms with E-state index in [9.17, 15) is 4.39 Å². The number of methoxy groups -OCH3 is 1. The van der Waals surface area contributed by atoms with E-state index >= 15 is 0 Å². The minimum absolute atomic E-state index is 0.234. The van der Waals surface area contributed by atoms with Crippen LogP contribution in [-0.2, 0) is 17.0 Å². The Bertz CT molecular complexity index is 854.